The molecule has 0 aliphatic heterocycles. The summed E-state index contributed by atoms with van der Waals surface area (Å²) in [6, 6.07) is 7.62. The first-order valence-electron chi connectivity index (χ1n) is 7.03. The van der Waals surface area contributed by atoms with E-state index < -0.39 is 0 Å². The predicted molar refractivity (Wildman–Crippen MR) is 88.7 cm³/mol. The Labute approximate surface area is 132 Å². The lowest BCUT2D eigenvalue weighted by atomic mass is 10.3. The zero-order valence-corrected chi connectivity index (χ0v) is 13.3. The number of ketones is 1. The van der Waals surface area contributed by atoms with Crippen molar-refractivity contribution in [1.82, 2.24) is 19.9 Å². The molecule has 22 heavy (non-hydrogen) atoms. The molecule has 0 amide bonds. The first-order chi connectivity index (χ1) is 10.7. The first kappa shape index (κ1) is 14.7. The Balaban J connectivity index is 1.95. The van der Waals surface area contributed by atoms with Crippen molar-refractivity contribution >= 4 is 28.6 Å². The zero-order chi connectivity index (χ0) is 15.5. The van der Waals surface area contributed by atoms with Crippen LogP contribution in [0, 0.1) is 0 Å². The summed E-state index contributed by atoms with van der Waals surface area (Å²) in [5, 5.41) is 10.9. The van der Waals surface area contributed by atoms with Crippen molar-refractivity contribution in [3.8, 4) is 10.6 Å². The Kier molecular flexibility index (Phi) is 4.17. The third kappa shape index (κ3) is 2.86. The van der Waals surface area contributed by atoms with Crippen LogP contribution in [0.15, 0.2) is 30.5 Å². The Morgan fingerprint density at radius 2 is 2.14 bits per heavy atom. The van der Waals surface area contributed by atoms with Gasteiger partial charge in [0.1, 0.15) is 11.5 Å². The number of carbonyl (C=O) groups is 1. The van der Waals surface area contributed by atoms with Crippen molar-refractivity contribution in [1.29, 1.82) is 0 Å². The molecule has 3 aromatic heterocycles. The summed E-state index contributed by atoms with van der Waals surface area (Å²) in [5.74, 6) is 0.873. The van der Waals surface area contributed by atoms with Crippen molar-refractivity contribution in [3.05, 3.63) is 35.3 Å². The number of nitrogens with one attached hydrogen (secondary N) is 2. The highest BCUT2D eigenvalue weighted by Gasteiger charge is 2.12. The minimum atomic E-state index is 0.0763. The first-order valence-corrected chi connectivity index (χ1v) is 7.85. The summed E-state index contributed by atoms with van der Waals surface area (Å²) in [4.78, 5) is 17.5. The van der Waals surface area contributed by atoms with E-state index in [0.717, 1.165) is 40.0 Å². The van der Waals surface area contributed by atoms with E-state index in [1.165, 1.54) is 11.3 Å². The van der Waals surface area contributed by atoms with Gasteiger partial charge in [0.25, 0.3) is 0 Å². The van der Waals surface area contributed by atoms with Crippen LogP contribution in [0.25, 0.3) is 16.2 Å². The number of imidazole rings is 1. The Bertz CT molecular complexity index is 807. The molecule has 0 radical (unpaired) electrons. The van der Waals surface area contributed by atoms with E-state index in [0.29, 0.717) is 0 Å². The normalized spacial score (nSPS) is 11.0. The molecule has 3 heterocycles. The van der Waals surface area contributed by atoms with Crippen LogP contribution in [0.1, 0.15) is 16.6 Å². The number of anilines is 1. The molecule has 3 aromatic rings. The van der Waals surface area contributed by atoms with Gasteiger partial charge < -0.3 is 10.6 Å². The van der Waals surface area contributed by atoms with E-state index in [1.54, 1.807) is 17.6 Å². The van der Waals surface area contributed by atoms with E-state index >= 15 is 0 Å². The largest absolute Gasteiger partial charge is 0.367 e. The van der Waals surface area contributed by atoms with Gasteiger partial charge in [-0.15, -0.1) is 16.4 Å². The van der Waals surface area contributed by atoms with Crippen LogP contribution in [-0.2, 0) is 0 Å². The van der Waals surface area contributed by atoms with Crippen LogP contribution in [0.4, 0.5) is 5.82 Å². The Morgan fingerprint density at radius 3 is 2.86 bits per heavy atom. The predicted octanol–water partition coefficient (Wildman–Crippen LogP) is 2.29. The van der Waals surface area contributed by atoms with Crippen LogP contribution in [0.2, 0.25) is 0 Å². The highest BCUT2D eigenvalue weighted by atomic mass is 32.1. The van der Waals surface area contributed by atoms with E-state index in [2.05, 4.69) is 20.7 Å². The van der Waals surface area contributed by atoms with Crippen molar-refractivity contribution in [2.45, 2.75) is 6.92 Å². The molecular formula is C15H17N5OS. The molecule has 0 unspecified atom stereocenters. The van der Waals surface area contributed by atoms with Crippen molar-refractivity contribution in [2.75, 3.05) is 25.5 Å². The molecule has 0 aliphatic rings. The van der Waals surface area contributed by atoms with Gasteiger partial charge in [0.15, 0.2) is 11.4 Å². The van der Waals surface area contributed by atoms with Gasteiger partial charge in [-0.1, -0.05) is 0 Å². The Hall–Kier alpha value is -2.25. The van der Waals surface area contributed by atoms with E-state index in [1.807, 2.05) is 31.3 Å². The van der Waals surface area contributed by atoms with Crippen LogP contribution in [-0.4, -0.2) is 40.5 Å². The van der Waals surface area contributed by atoms with E-state index in [9.17, 15) is 4.79 Å². The lowest BCUT2D eigenvalue weighted by Gasteiger charge is -2.06. The number of rotatable bonds is 6. The maximum atomic E-state index is 11.4. The van der Waals surface area contributed by atoms with Crippen molar-refractivity contribution in [2.24, 2.45) is 0 Å². The standard InChI is InChI=1S/C15H17N5OS/c1-10(21)12-3-4-13(22-12)11-9-18-15-6-5-14(19-20(11)15)17-8-7-16-2/h3-6,9,16H,7-8H2,1-2H3,(H,17,19). The van der Waals surface area contributed by atoms with Gasteiger partial charge in [-0.05, 0) is 38.2 Å². The monoisotopic (exact) mass is 315 g/mol. The fourth-order valence-electron chi connectivity index (χ4n) is 2.12. The molecule has 3 rings (SSSR count). The van der Waals surface area contributed by atoms with E-state index in [4.69, 9.17) is 0 Å². The summed E-state index contributed by atoms with van der Waals surface area (Å²) in [5.41, 5.74) is 1.68. The number of likely N-dealkylation sites (N-methyl/N-ethyl adjacent to an activating group) is 1. The van der Waals surface area contributed by atoms with Gasteiger partial charge in [0.05, 0.1) is 16.0 Å². The molecule has 0 saturated carbocycles. The maximum Gasteiger partial charge on any atom is 0.169 e. The second-order valence-corrected chi connectivity index (χ2v) is 5.97. The summed E-state index contributed by atoms with van der Waals surface area (Å²) in [6.07, 6.45) is 1.79. The van der Waals surface area contributed by atoms with Gasteiger partial charge in [-0.2, -0.15) is 0 Å². The number of carbonyl (C=O) groups excluding carboxylic acids is 1. The maximum absolute atomic E-state index is 11.4. The summed E-state index contributed by atoms with van der Waals surface area (Å²) < 4.78 is 1.80. The number of nitrogens with zero attached hydrogens (tertiary/aromatic N) is 3. The molecule has 0 atom stereocenters. The third-order valence-corrected chi connectivity index (χ3v) is 4.46. The lowest BCUT2D eigenvalue weighted by Crippen LogP contribution is -2.18. The summed E-state index contributed by atoms with van der Waals surface area (Å²) in [7, 11) is 1.91. The quantitative estimate of drug-likeness (QED) is 0.539. The van der Waals surface area contributed by atoms with Gasteiger partial charge in [0.2, 0.25) is 0 Å². The summed E-state index contributed by atoms with van der Waals surface area (Å²) in [6.45, 7) is 3.24. The fraction of sp³-hybridized carbons (Fsp3) is 0.267. The van der Waals surface area contributed by atoms with Crippen molar-refractivity contribution in [3.63, 3.8) is 0 Å². The highest BCUT2D eigenvalue weighted by Crippen LogP contribution is 2.28. The summed E-state index contributed by atoms with van der Waals surface area (Å²) >= 11 is 1.46. The molecular weight excluding hydrogens is 298 g/mol. The average molecular weight is 315 g/mol. The average Bonchev–Trinajstić information content (AvgIpc) is 3.13. The molecule has 0 aromatic carbocycles. The Morgan fingerprint density at radius 1 is 1.27 bits per heavy atom. The lowest BCUT2D eigenvalue weighted by molar-refractivity contribution is 0.102. The number of aromatic nitrogens is 3. The van der Waals surface area contributed by atoms with Crippen LogP contribution in [0.5, 0.6) is 0 Å². The molecule has 2 N–H and O–H groups in total. The van der Waals surface area contributed by atoms with Gasteiger partial charge >= 0.3 is 0 Å². The van der Waals surface area contributed by atoms with E-state index in [-0.39, 0.29) is 5.78 Å². The third-order valence-electron chi connectivity index (χ3n) is 3.25. The molecule has 114 valence electrons. The number of Topliss-reactive ketones (excluding diaryl/α,β-unsaturated/α-hetero) is 1. The fourth-order valence-corrected chi connectivity index (χ4v) is 3.01. The molecule has 7 heteroatoms. The molecule has 0 fully saturated rings. The molecule has 6 nitrogen and oxygen atoms in total. The number of thiophene rings is 1. The SMILES string of the molecule is CNCCNc1ccc2ncc(-c3ccc(C(C)=O)s3)n2n1. The smallest absolute Gasteiger partial charge is 0.169 e. The van der Waals surface area contributed by atoms with Crippen LogP contribution in [0.3, 0.4) is 0 Å². The number of fused-ring (bicyclic) bond motifs is 1. The minimum absolute atomic E-state index is 0.0763. The van der Waals surface area contributed by atoms with Crippen LogP contribution < -0.4 is 10.6 Å². The van der Waals surface area contributed by atoms with Gasteiger partial charge in [0, 0.05) is 13.1 Å². The second-order valence-electron chi connectivity index (χ2n) is 4.88. The highest BCUT2D eigenvalue weighted by molar-refractivity contribution is 7.17. The van der Waals surface area contributed by atoms with Crippen molar-refractivity contribution < 1.29 is 4.79 Å². The topological polar surface area (TPSA) is 71.3 Å². The number of hydrogen-bond donors (Lipinski definition) is 2. The molecule has 0 spiro atoms. The molecule has 0 aliphatic carbocycles. The second kappa shape index (κ2) is 6.25. The zero-order valence-electron chi connectivity index (χ0n) is 12.5. The molecule has 0 bridgehead atoms. The van der Waals surface area contributed by atoms with Crippen LogP contribution >= 0.6 is 11.3 Å². The minimum Gasteiger partial charge on any atom is -0.367 e. The molecule has 0 saturated heterocycles. The number of hydrogen-bond acceptors (Lipinski definition) is 6. The van der Waals surface area contributed by atoms with Gasteiger partial charge in [-0.25, -0.2) is 9.50 Å². The van der Waals surface area contributed by atoms with Gasteiger partial charge in [-0.3, -0.25) is 4.79 Å².